The molecule has 5 saturated carbocycles. The third kappa shape index (κ3) is 6.24. The lowest BCUT2D eigenvalue weighted by atomic mass is 9.50. The van der Waals surface area contributed by atoms with Gasteiger partial charge in [-0.3, -0.25) is 23.4 Å². The van der Waals surface area contributed by atoms with Crippen LogP contribution in [0.2, 0.25) is 0 Å². The Hall–Kier alpha value is -3.03. The first-order valence-electron chi connectivity index (χ1n) is 21.2. The molecule has 1 aromatic rings. The van der Waals surface area contributed by atoms with Crippen LogP contribution in [0.15, 0.2) is 81.8 Å². The van der Waals surface area contributed by atoms with Crippen LogP contribution >= 0.6 is 0 Å². The number of allylic oxidation sites excluding steroid dienone is 4. The molecule has 55 heavy (non-hydrogen) atoms. The van der Waals surface area contributed by atoms with Crippen LogP contribution in [0.3, 0.4) is 0 Å². The van der Waals surface area contributed by atoms with Gasteiger partial charge in [-0.15, -0.1) is 0 Å². The van der Waals surface area contributed by atoms with Crippen molar-refractivity contribution < 1.29 is 28.5 Å². The van der Waals surface area contributed by atoms with Crippen molar-refractivity contribution in [3.63, 3.8) is 0 Å². The van der Waals surface area contributed by atoms with Gasteiger partial charge in [-0.1, -0.05) is 49.8 Å². The van der Waals surface area contributed by atoms with E-state index in [9.17, 15) is 28.5 Å². The maximum atomic E-state index is 13.1. The number of ketones is 4. The lowest BCUT2D eigenvalue weighted by Crippen LogP contribution is -2.56. The lowest BCUT2D eigenvalue weighted by molar-refractivity contribution is -0.152. The van der Waals surface area contributed by atoms with Gasteiger partial charge in [-0.05, 0) is 179 Å². The topological polar surface area (TPSA) is 106 Å². The molecule has 0 bridgehead atoms. The molecule has 294 valence electrons. The highest BCUT2D eigenvalue weighted by Gasteiger charge is 2.66. The SMILES string of the molecule is C=C1C[C@H]2[C@@H]3CCC4=CC(=O)CC[C@@H]4[C@H]3CC[C@]2(C)[C@]1(O)C(C)=O.CC(=O)C1=C(CS(=O)c2ccccc2)C[C@H]2[C@@H]3CCC4=CC(=O)CC[C@@H]4[C@H]3CC[C@]12C. The highest BCUT2D eigenvalue weighted by Crippen LogP contribution is 2.67. The second kappa shape index (κ2) is 14.4. The fourth-order valence-corrected chi connectivity index (χ4v) is 15.6. The standard InChI is InChI=1S/C27H32O3S.C21H28O3/c1-17(28)26-19(16-31(30)21-6-4-3-5-7-21)15-25-24-10-8-18-14-20(29)9-11-22(18)23(24)12-13-27(25,26)2;1-12-10-19-18-6-4-14-11-15(23)5-7-16(14)17(18)8-9-20(19,3)21(12,24)13(2)22/h3-7,14,22-25H,8-13,15-16H2,1-2H3;11,16-19,24H,1,4-10H2,2-3H3/t22-,23+,24+,25-,27-,31?;16-,17+,18+,19-,20-,21+/m00/s1. The number of fused-ring (bicyclic) bond motifs is 10. The fraction of sp³-hybridized carbons (Fsp3) is 0.625. The summed E-state index contributed by atoms with van der Waals surface area (Å²) in [6, 6.07) is 9.63. The molecule has 1 aromatic carbocycles. The summed E-state index contributed by atoms with van der Waals surface area (Å²) in [6.07, 6.45) is 17.3. The Labute approximate surface area is 330 Å². The monoisotopic (exact) mass is 764 g/mol. The molecule has 9 rings (SSSR count). The van der Waals surface area contributed by atoms with Gasteiger partial charge in [0.1, 0.15) is 5.60 Å². The van der Waals surface area contributed by atoms with Crippen molar-refractivity contribution in [3.05, 3.63) is 76.9 Å². The zero-order chi connectivity index (χ0) is 39.0. The molecule has 1 N–H and O–H groups in total. The van der Waals surface area contributed by atoms with Gasteiger partial charge in [0, 0.05) is 34.5 Å². The van der Waals surface area contributed by atoms with E-state index in [0.717, 1.165) is 98.7 Å². The molecule has 0 amide bonds. The molecule has 0 radical (unpaired) electrons. The van der Waals surface area contributed by atoms with Crippen LogP contribution in [0.4, 0.5) is 0 Å². The van der Waals surface area contributed by atoms with Crippen LogP contribution in [0.25, 0.3) is 0 Å². The molecule has 0 aromatic heterocycles. The fourth-order valence-electron chi connectivity index (χ4n) is 14.3. The first kappa shape index (κ1) is 38.8. The van der Waals surface area contributed by atoms with Gasteiger partial charge >= 0.3 is 0 Å². The van der Waals surface area contributed by atoms with E-state index >= 15 is 0 Å². The van der Waals surface area contributed by atoms with Gasteiger partial charge in [0.05, 0.1) is 10.8 Å². The predicted molar refractivity (Wildman–Crippen MR) is 215 cm³/mol. The smallest absolute Gasteiger partial charge is 0.166 e. The van der Waals surface area contributed by atoms with Gasteiger partial charge < -0.3 is 5.11 Å². The highest BCUT2D eigenvalue weighted by atomic mass is 32.2. The number of aliphatic hydroxyl groups is 1. The van der Waals surface area contributed by atoms with Crippen molar-refractivity contribution in [3.8, 4) is 0 Å². The van der Waals surface area contributed by atoms with E-state index in [1.807, 2.05) is 42.5 Å². The number of rotatable bonds is 5. The van der Waals surface area contributed by atoms with Crippen molar-refractivity contribution in [2.75, 3.05) is 5.75 Å². The van der Waals surface area contributed by atoms with E-state index in [-0.39, 0.29) is 22.4 Å². The van der Waals surface area contributed by atoms with E-state index in [2.05, 4.69) is 20.4 Å². The first-order chi connectivity index (χ1) is 26.2. The average Bonchev–Trinajstić information content (AvgIpc) is 3.58. The molecule has 0 spiro atoms. The Morgan fingerprint density at radius 2 is 1.33 bits per heavy atom. The van der Waals surface area contributed by atoms with Crippen LogP contribution in [-0.4, -0.2) is 43.8 Å². The summed E-state index contributed by atoms with van der Waals surface area (Å²) < 4.78 is 13.1. The Morgan fingerprint density at radius 1 is 0.764 bits per heavy atom. The van der Waals surface area contributed by atoms with Crippen LogP contribution in [0, 0.1) is 58.2 Å². The summed E-state index contributed by atoms with van der Waals surface area (Å²) in [4.78, 5) is 49.7. The molecule has 12 atom stereocenters. The van der Waals surface area contributed by atoms with E-state index in [0.29, 0.717) is 77.5 Å². The van der Waals surface area contributed by atoms with E-state index in [4.69, 9.17) is 0 Å². The van der Waals surface area contributed by atoms with E-state index < -0.39 is 16.4 Å². The molecule has 0 saturated heterocycles. The third-order valence-corrected chi connectivity index (χ3v) is 18.2. The minimum atomic E-state index is -1.35. The summed E-state index contributed by atoms with van der Waals surface area (Å²) >= 11 is 0. The highest BCUT2D eigenvalue weighted by molar-refractivity contribution is 7.85. The van der Waals surface area contributed by atoms with E-state index in [1.54, 1.807) is 6.92 Å². The lowest BCUT2D eigenvalue weighted by Gasteiger charge is -2.55. The quantitative estimate of drug-likeness (QED) is 0.300. The summed E-state index contributed by atoms with van der Waals surface area (Å²) in [7, 11) is -1.12. The zero-order valence-corrected chi connectivity index (χ0v) is 34.2. The Balaban J connectivity index is 0.000000160. The zero-order valence-electron chi connectivity index (χ0n) is 33.4. The van der Waals surface area contributed by atoms with Gasteiger partial charge in [0.2, 0.25) is 0 Å². The molecule has 8 aliphatic rings. The molecular formula is C48H60O6S. The van der Waals surface area contributed by atoms with Crippen molar-refractivity contribution >= 4 is 33.9 Å². The minimum Gasteiger partial charge on any atom is -0.377 e. The molecular weight excluding hydrogens is 705 g/mol. The molecule has 1 unspecified atom stereocenters. The van der Waals surface area contributed by atoms with Crippen LogP contribution in [-0.2, 0) is 30.0 Å². The average molecular weight is 765 g/mol. The Kier molecular flexibility index (Phi) is 10.2. The molecule has 8 aliphatic carbocycles. The largest absolute Gasteiger partial charge is 0.377 e. The molecule has 6 nitrogen and oxygen atoms in total. The molecule has 7 heteroatoms. The Morgan fingerprint density at radius 3 is 1.89 bits per heavy atom. The molecule has 0 aliphatic heterocycles. The molecule has 5 fully saturated rings. The van der Waals surface area contributed by atoms with Crippen LogP contribution in [0.5, 0.6) is 0 Å². The maximum absolute atomic E-state index is 13.1. The second-order valence-electron chi connectivity index (χ2n) is 19.1. The minimum absolute atomic E-state index is 0.0884. The summed E-state index contributed by atoms with van der Waals surface area (Å²) in [6.45, 7) is 11.7. The van der Waals surface area contributed by atoms with Crippen LogP contribution in [0.1, 0.15) is 118 Å². The Bertz CT molecular complexity index is 1940. The van der Waals surface area contributed by atoms with Crippen molar-refractivity contribution in [2.24, 2.45) is 58.2 Å². The normalized spacial score (nSPS) is 40.9. The van der Waals surface area contributed by atoms with Gasteiger partial charge in [-0.2, -0.15) is 0 Å². The van der Waals surface area contributed by atoms with Gasteiger partial charge in [0.15, 0.2) is 23.1 Å². The number of carbonyl (C=O) groups excluding carboxylic acids is 4. The number of hydrogen-bond donors (Lipinski definition) is 1. The first-order valence-corrected chi connectivity index (χ1v) is 22.5. The number of Topliss-reactive ketones (excluding diaryl/α,β-unsaturated/α-hetero) is 2. The van der Waals surface area contributed by atoms with Gasteiger partial charge in [0.25, 0.3) is 0 Å². The summed E-state index contributed by atoms with van der Waals surface area (Å²) in [5.74, 6) is 5.41. The van der Waals surface area contributed by atoms with E-state index in [1.165, 1.54) is 18.1 Å². The van der Waals surface area contributed by atoms with Crippen molar-refractivity contribution in [1.82, 2.24) is 0 Å². The second-order valence-corrected chi connectivity index (χ2v) is 20.6. The van der Waals surface area contributed by atoms with Crippen LogP contribution < -0.4 is 0 Å². The predicted octanol–water partition coefficient (Wildman–Crippen LogP) is 9.05. The summed E-state index contributed by atoms with van der Waals surface area (Å²) in [5.41, 5.74) is 3.81. The number of hydrogen-bond acceptors (Lipinski definition) is 6. The van der Waals surface area contributed by atoms with Crippen molar-refractivity contribution in [1.29, 1.82) is 0 Å². The van der Waals surface area contributed by atoms with Crippen molar-refractivity contribution in [2.45, 2.75) is 128 Å². The maximum Gasteiger partial charge on any atom is 0.166 e. The number of benzene rings is 1. The summed E-state index contributed by atoms with van der Waals surface area (Å²) in [5, 5.41) is 11.2. The molecule has 0 heterocycles. The number of carbonyl (C=O) groups is 4. The third-order valence-electron chi connectivity index (χ3n) is 16.7. The van der Waals surface area contributed by atoms with Gasteiger partial charge in [-0.25, -0.2) is 0 Å².